The topological polar surface area (TPSA) is 107 Å². The van der Waals surface area contributed by atoms with Crippen molar-refractivity contribution < 1.29 is 36.6 Å². The van der Waals surface area contributed by atoms with Gasteiger partial charge in [-0.15, -0.1) is 11.3 Å². The Balaban J connectivity index is 1.51. The van der Waals surface area contributed by atoms with E-state index in [2.05, 4.69) is 20.6 Å². The molecule has 0 radical (unpaired) electrons. The molecule has 2 aromatic heterocycles. The molecule has 1 unspecified atom stereocenters. The van der Waals surface area contributed by atoms with Crippen molar-refractivity contribution in [2.45, 2.75) is 82.3 Å². The summed E-state index contributed by atoms with van der Waals surface area (Å²) in [7, 11) is 0. The van der Waals surface area contributed by atoms with Gasteiger partial charge in [0.25, 0.3) is 18.2 Å². The quantitative estimate of drug-likeness (QED) is 0.393. The maximum absolute atomic E-state index is 14.3. The van der Waals surface area contributed by atoms with E-state index in [1.54, 1.807) is 4.90 Å². The maximum Gasteiger partial charge on any atom is 0.408 e. The van der Waals surface area contributed by atoms with Crippen LogP contribution in [0, 0.1) is 5.92 Å². The summed E-state index contributed by atoms with van der Waals surface area (Å²) in [4.78, 5) is 36.1. The Hall–Kier alpha value is -2.87. The zero-order chi connectivity index (χ0) is 28.1. The van der Waals surface area contributed by atoms with Gasteiger partial charge < -0.3 is 20.6 Å². The molecule has 1 aliphatic heterocycles. The Morgan fingerprint density at radius 3 is 2.49 bits per heavy atom. The first kappa shape index (κ1) is 27.7. The number of alkyl halides is 5. The molecule has 212 valence electrons. The van der Waals surface area contributed by atoms with Crippen molar-refractivity contribution in [3.63, 3.8) is 0 Å². The fourth-order valence-electron chi connectivity index (χ4n) is 5.04. The van der Waals surface area contributed by atoms with Crippen LogP contribution >= 0.6 is 11.3 Å². The summed E-state index contributed by atoms with van der Waals surface area (Å²) in [6, 6.07) is -1.42. The van der Waals surface area contributed by atoms with Gasteiger partial charge in [-0.3, -0.25) is 9.59 Å². The minimum atomic E-state index is -4.57. The first-order chi connectivity index (χ1) is 18.4. The number of likely N-dealkylation sites (tertiary alicyclic amines) is 1. The van der Waals surface area contributed by atoms with Crippen LogP contribution in [0.4, 0.5) is 27.8 Å². The third-order valence-electron chi connectivity index (χ3n) is 7.45. The van der Waals surface area contributed by atoms with Gasteiger partial charge in [-0.1, -0.05) is 0 Å². The Kier molecular flexibility index (Phi) is 7.53. The van der Waals surface area contributed by atoms with Crippen molar-refractivity contribution in [1.82, 2.24) is 20.2 Å². The Labute approximate surface area is 225 Å². The second-order valence-corrected chi connectivity index (χ2v) is 11.4. The third-order valence-corrected chi connectivity index (χ3v) is 8.54. The summed E-state index contributed by atoms with van der Waals surface area (Å²) in [5, 5.41) is 14.4. The maximum atomic E-state index is 14.3. The first-order valence-electron chi connectivity index (χ1n) is 12.8. The Morgan fingerprint density at radius 2 is 1.92 bits per heavy atom. The van der Waals surface area contributed by atoms with Crippen LogP contribution < -0.4 is 10.6 Å². The molecular weight excluding hydrogens is 545 g/mol. The smallest absolute Gasteiger partial charge is 0.393 e. The van der Waals surface area contributed by atoms with E-state index in [1.807, 2.05) is 6.92 Å². The normalized spacial score (nSPS) is 24.0. The lowest BCUT2D eigenvalue weighted by Gasteiger charge is -2.31. The molecule has 1 saturated heterocycles. The van der Waals surface area contributed by atoms with E-state index in [4.69, 9.17) is 0 Å². The van der Waals surface area contributed by atoms with Gasteiger partial charge in [-0.05, 0) is 57.4 Å². The van der Waals surface area contributed by atoms with E-state index in [1.165, 1.54) is 0 Å². The number of halogens is 5. The largest absolute Gasteiger partial charge is 0.408 e. The SMILES string of the molecule is CC1CCCN1C(=O)c1nc(C(=O)NC2CC(O)C2)sc1-c1cnc(N[C@@H](C2CC2)C(F)(F)F)cc1C(F)F. The summed E-state index contributed by atoms with van der Waals surface area (Å²) >= 11 is 0.750. The van der Waals surface area contributed by atoms with Gasteiger partial charge in [0.2, 0.25) is 0 Å². The highest BCUT2D eigenvalue weighted by Gasteiger charge is 2.49. The predicted molar refractivity (Wildman–Crippen MR) is 133 cm³/mol. The fourth-order valence-corrected chi connectivity index (χ4v) is 6.04. The van der Waals surface area contributed by atoms with E-state index in [-0.39, 0.29) is 39.0 Å². The number of anilines is 1. The number of hydrogen-bond donors (Lipinski definition) is 3. The number of hydrogen-bond acceptors (Lipinski definition) is 7. The van der Waals surface area contributed by atoms with Crippen molar-refractivity contribution >= 4 is 29.0 Å². The molecule has 0 bridgehead atoms. The molecule has 8 nitrogen and oxygen atoms in total. The number of aliphatic hydroxyl groups is 1. The van der Waals surface area contributed by atoms with Crippen LogP contribution in [0.25, 0.3) is 10.4 Å². The first-order valence-corrected chi connectivity index (χ1v) is 13.7. The molecule has 2 atom stereocenters. The number of nitrogens with zero attached hydrogens (tertiary/aromatic N) is 3. The number of amides is 2. The highest BCUT2D eigenvalue weighted by atomic mass is 32.1. The molecule has 3 aliphatic rings. The number of carbonyl (C=O) groups is 2. The highest BCUT2D eigenvalue weighted by molar-refractivity contribution is 7.17. The van der Waals surface area contributed by atoms with Crippen LogP contribution in [0.2, 0.25) is 0 Å². The number of aliphatic hydroxyl groups excluding tert-OH is 1. The van der Waals surface area contributed by atoms with Crippen LogP contribution in [0.5, 0.6) is 0 Å². The lowest BCUT2D eigenvalue weighted by Crippen LogP contribution is -2.46. The molecule has 3 N–H and O–H groups in total. The van der Waals surface area contributed by atoms with Crippen LogP contribution in [-0.2, 0) is 0 Å². The minimum absolute atomic E-state index is 0.00167. The third kappa shape index (κ3) is 5.86. The number of pyridine rings is 1. The molecule has 39 heavy (non-hydrogen) atoms. The number of aromatic nitrogens is 2. The summed E-state index contributed by atoms with van der Waals surface area (Å²) in [6.07, 6.45) is -4.17. The van der Waals surface area contributed by atoms with Crippen molar-refractivity contribution in [2.24, 2.45) is 5.92 Å². The van der Waals surface area contributed by atoms with Crippen molar-refractivity contribution in [1.29, 1.82) is 0 Å². The van der Waals surface area contributed by atoms with Crippen LogP contribution in [0.3, 0.4) is 0 Å². The van der Waals surface area contributed by atoms with Gasteiger partial charge in [0.15, 0.2) is 5.01 Å². The molecule has 2 aromatic rings. The molecule has 5 rings (SSSR count). The molecule has 3 fully saturated rings. The van der Waals surface area contributed by atoms with Crippen molar-refractivity contribution in [3.8, 4) is 10.4 Å². The van der Waals surface area contributed by atoms with Crippen LogP contribution in [0.1, 0.15) is 77.7 Å². The second kappa shape index (κ2) is 10.6. The van der Waals surface area contributed by atoms with Crippen LogP contribution in [-0.4, -0.2) is 68.7 Å². The summed E-state index contributed by atoms with van der Waals surface area (Å²) in [5.41, 5.74) is -0.968. The summed E-state index contributed by atoms with van der Waals surface area (Å²) in [6.45, 7) is 2.30. The average Bonchev–Trinajstić information content (AvgIpc) is 3.43. The Morgan fingerprint density at radius 1 is 1.21 bits per heavy atom. The molecule has 2 aliphatic carbocycles. The Bertz CT molecular complexity index is 1250. The van der Waals surface area contributed by atoms with Gasteiger partial charge in [-0.25, -0.2) is 18.7 Å². The number of rotatable bonds is 8. The molecular formula is C25H28F5N5O3S. The van der Waals surface area contributed by atoms with Crippen LogP contribution in [0.15, 0.2) is 12.3 Å². The second-order valence-electron chi connectivity index (χ2n) is 10.4. The minimum Gasteiger partial charge on any atom is -0.393 e. The highest BCUT2D eigenvalue weighted by Crippen LogP contribution is 2.43. The van der Waals surface area contributed by atoms with Gasteiger partial charge in [0, 0.05) is 36.0 Å². The zero-order valence-electron chi connectivity index (χ0n) is 21.0. The monoisotopic (exact) mass is 573 g/mol. The molecule has 0 aromatic carbocycles. The van der Waals surface area contributed by atoms with Gasteiger partial charge in [0.1, 0.15) is 17.6 Å². The standard InChI is InChI=1S/C25H28F5N5O3S/c1-11-3-2-6-35(11)24(38)18-19(39-23(34-18)22(37)32-13-7-14(36)8-13)16-10-31-17(9-15(16)21(26)27)33-20(12-4-5-12)25(28,29)30/h9-14,20-21,36H,2-8H2,1H3,(H,31,33)(H,32,37)/t11?,13?,14?,20-/m0/s1. The summed E-state index contributed by atoms with van der Waals surface area (Å²) < 4.78 is 69.0. The number of thiazole rings is 1. The van der Waals surface area contributed by atoms with Crippen molar-refractivity contribution in [2.75, 3.05) is 11.9 Å². The van der Waals surface area contributed by atoms with E-state index in [0.717, 1.165) is 36.4 Å². The van der Waals surface area contributed by atoms with E-state index in [9.17, 15) is 36.6 Å². The summed E-state index contributed by atoms with van der Waals surface area (Å²) in [5.74, 6) is -2.12. The molecule has 3 heterocycles. The van der Waals surface area contributed by atoms with E-state index >= 15 is 0 Å². The number of carbonyl (C=O) groups excluding carboxylic acids is 2. The van der Waals surface area contributed by atoms with E-state index < -0.39 is 48.0 Å². The van der Waals surface area contributed by atoms with Gasteiger partial charge >= 0.3 is 6.18 Å². The molecule has 0 spiro atoms. The lowest BCUT2D eigenvalue weighted by molar-refractivity contribution is -0.146. The van der Waals surface area contributed by atoms with Gasteiger partial charge in [-0.2, -0.15) is 13.2 Å². The molecule has 2 saturated carbocycles. The molecule has 2 amide bonds. The zero-order valence-corrected chi connectivity index (χ0v) is 21.8. The van der Waals surface area contributed by atoms with Crippen molar-refractivity contribution in [3.05, 3.63) is 28.5 Å². The number of nitrogens with one attached hydrogen (secondary N) is 2. The predicted octanol–water partition coefficient (Wildman–Crippen LogP) is 4.77. The van der Waals surface area contributed by atoms with E-state index in [0.29, 0.717) is 32.2 Å². The molecule has 14 heteroatoms. The van der Waals surface area contributed by atoms with Gasteiger partial charge in [0.05, 0.1) is 11.0 Å². The fraction of sp³-hybridized carbons (Fsp3) is 0.600. The average molecular weight is 574 g/mol. The lowest BCUT2D eigenvalue weighted by atomic mass is 9.89.